The number of rotatable bonds is 5. The van der Waals surface area contributed by atoms with Gasteiger partial charge in [-0.1, -0.05) is 17.3 Å². The summed E-state index contributed by atoms with van der Waals surface area (Å²) in [6.45, 7) is 3.36. The molecule has 1 saturated heterocycles. The monoisotopic (exact) mass is 451 g/mol. The van der Waals surface area contributed by atoms with E-state index >= 15 is 0 Å². The number of hydrogen-bond acceptors (Lipinski definition) is 9. The predicted molar refractivity (Wildman–Crippen MR) is 124 cm³/mol. The smallest absolute Gasteiger partial charge is 0.308 e. The topological polar surface area (TPSA) is 98.5 Å². The van der Waals surface area contributed by atoms with Crippen molar-refractivity contribution in [1.29, 1.82) is 0 Å². The van der Waals surface area contributed by atoms with Crippen molar-refractivity contribution in [2.45, 2.75) is 31.7 Å². The van der Waals surface area contributed by atoms with Crippen LogP contribution in [-0.2, 0) is 9.53 Å². The lowest BCUT2D eigenvalue weighted by Gasteiger charge is -2.37. The Balaban J connectivity index is 1.31. The molecule has 174 valence electrons. The zero-order valence-electron chi connectivity index (χ0n) is 19.1. The molecule has 2 fully saturated rings. The zero-order valence-corrected chi connectivity index (χ0v) is 19.1. The van der Waals surface area contributed by atoms with Gasteiger partial charge >= 0.3 is 5.97 Å². The lowest BCUT2D eigenvalue weighted by atomic mass is 9.86. The molecule has 3 aromatic rings. The SMILES string of the molecule is COC(=O)C1CCC(n2nnc3c(N4CCN(c5ccccc5OC)CC4)ncnc32)CC1. The number of piperazine rings is 1. The van der Waals surface area contributed by atoms with E-state index in [1.54, 1.807) is 13.4 Å². The minimum atomic E-state index is -0.117. The van der Waals surface area contributed by atoms with Crippen molar-refractivity contribution in [3.05, 3.63) is 30.6 Å². The van der Waals surface area contributed by atoms with Crippen LogP contribution in [0.25, 0.3) is 11.2 Å². The van der Waals surface area contributed by atoms with Crippen molar-refractivity contribution in [3.8, 4) is 5.75 Å². The van der Waals surface area contributed by atoms with Gasteiger partial charge in [0.15, 0.2) is 17.0 Å². The first kappa shape index (κ1) is 21.4. The molecule has 0 bridgehead atoms. The number of fused-ring (bicyclic) bond motifs is 1. The van der Waals surface area contributed by atoms with Gasteiger partial charge in [-0.05, 0) is 37.8 Å². The number of carbonyl (C=O) groups is 1. The molecule has 33 heavy (non-hydrogen) atoms. The normalized spacial score (nSPS) is 21.3. The zero-order chi connectivity index (χ0) is 22.8. The van der Waals surface area contributed by atoms with E-state index in [0.29, 0.717) is 0 Å². The number of ether oxygens (including phenoxy) is 2. The minimum Gasteiger partial charge on any atom is -0.495 e. The highest BCUT2D eigenvalue weighted by molar-refractivity contribution is 5.83. The van der Waals surface area contributed by atoms with Gasteiger partial charge in [-0.25, -0.2) is 14.6 Å². The third-order valence-electron chi connectivity index (χ3n) is 6.82. The molecule has 2 aromatic heterocycles. The maximum Gasteiger partial charge on any atom is 0.308 e. The molecule has 5 rings (SSSR count). The average Bonchev–Trinajstić information content (AvgIpc) is 3.33. The van der Waals surface area contributed by atoms with E-state index in [1.807, 2.05) is 22.9 Å². The van der Waals surface area contributed by atoms with Gasteiger partial charge in [0.05, 0.1) is 31.9 Å². The van der Waals surface area contributed by atoms with Crippen LogP contribution in [0.1, 0.15) is 31.7 Å². The molecule has 0 N–H and O–H groups in total. The molecule has 0 radical (unpaired) electrons. The lowest BCUT2D eigenvalue weighted by molar-refractivity contribution is -0.146. The van der Waals surface area contributed by atoms with Crippen LogP contribution in [0.5, 0.6) is 5.75 Å². The molecule has 1 aliphatic heterocycles. The highest BCUT2D eigenvalue weighted by Gasteiger charge is 2.30. The van der Waals surface area contributed by atoms with Crippen molar-refractivity contribution in [1.82, 2.24) is 25.0 Å². The summed E-state index contributed by atoms with van der Waals surface area (Å²) in [4.78, 5) is 25.5. The second kappa shape index (κ2) is 9.21. The Labute approximate surface area is 192 Å². The number of aromatic nitrogens is 5. The maximum absolute atomic E-state index is 11.8. The molecular weight excluding hydrogens is 422 g/mol. The molecule has 0 unspecified atom stereocenters. The lowest BCUT2D eigenvalue weighted by Crippen LogP contribution is -2.47. The first-order valence-electron chi connectivity index (χ1n) is 11.5. The van der Waals surface area contributed by atoms with Crippen LogP contribution in [0.4, 0.5) is 11.5 Å². The summed E-state index contributed by atoms with van der Waals surface area (Å²) in [6.07, 6.45) is 4.90. The van der Waals surface area contributed by atoms with Gasteiger partial charge in [0.25, 0.3) is 0 Å². The summed E-state index contributed by atoms with van der Waals surface area (Å²) in [7, 11) is 3.16. The maximum atomic E-state index is 11.8. The van der Waals surface area contributed by atoms with E-state index in [0.717, 1.165) is 80.3 Å². The van der Waals surface area contributed by atoms with Gasteiger partial charge in [0.1, 0.15) is 12.1 Å². The summed E-state index contributed by atoms with van der Waals surface area (Å²) >= 11 is 0. The van der Waals surface area contributed by atoms with E-state index in [9.17, 15) is 4.79 Å². The number of nitrogens with zero attached hydrogens (tertiary/aromatic N) is 7. The average molecular weight is 452 g/mol. The van der Waals surface area contributed by atoms with Crippen molar-refractivity contribution in [2.24, 2.45) is 5.92 Å². The molecule has 0 atom stereocenters. The Morgan fingerprint density at radius 3 is 2.42 bits per heavy atom. The molecule has 2 aliphatic rings. The summed E-state index contributed by atoms with van der Waals surface area (Å²) in [5.41, 5.74) is 2.60. The molecular formula is C23H29N7O3. The van der Waals surface area contributed by atoms with Crippen molar-refractivity contribution in [3.63, 3.8) is 0 Å². The Hall–Kier alpha value is -3.43. The second-order valence-corrected chi connectivity index (χ2v) is 8.58. The highest BCUT2D eigenvalue weighted by atomic mass is 16.5. The summed E-state index contributed by atoms with van der Waals surface area (Å²) in [6, 6.07) is 8.29. The van der Waals surface area contributed by atoms with Gasteiger partial charge in [-0.3, -0.25) is 4.79 Å². The number of para-hydroxylation sites is 2. The van der Waals surface area contributed by atoms with Gasteiger partial charge in [0.2, 0.25) is 0 Å². The second-order valence-electron chi connectivity index (χ2n) is 8.58. The molecule has 0 amide bonds. The van der Waals surface area contributed by atoms with Crippen LogP contribution in [-0.4, -0.2) is 71.3 Å². The fourth-order valence-electron chi connectivity index (χ4n) is 5.00. The molecule has 1 aliphatic carbocycles. The quantitative estimate of drug-likeness (QED) is 0.542. The van der Waals surface area contributed by atoms with E-state index in [4.69, 9.17) is 9.47 Å². The fourth-order valence-corrected chi connectivity index (χ4v) is 5.00. The summed E-state index contributed by atoms with van der Waals surface area (Å²) in [5.74, 6) is 1.58. The Kier molecular flexibility index (Phi) is 5.97. The number of anilines is 2. The number of methoxy groups -OCH3 is 2. The largest absolute Gasteiger partial charge is 0.495 e. The third kappa shape index (κ3) is 4.05. The van der Waals surface area contributed by atoms with Gasteiger partial charge in [0, 0.05) is 26.2 Å². The molecule has 1 saturated carbocycles. The number of benzene rings is 1. The molecule has 1 aromatic carbocycles. The predicted octanol–water partition coefficient (Wildman–Crippen LogP) is 2.46. The molecule has 3 heterocycles. The standard InChI is InChI=1S/C23H29N7O3/c1-32-19-6-4-3-5-18(19)28-11-13-29(14-12-28)21-20-22(25-15-24-21)30(27-26-20)17-9-7-16(8-10-17)23(31)33-2/h3-6,15-17H,7-14H2,1-2H3. The van der Waals surface area contributed by atoms with Crippen LogP contribution in [0.3, 0.4) is 0 Å². The van der Waals surface area contributed by atoms with E-state index < -0.39 is 0 Å². The number of hydrogen-bond donors (Lipinski definition) is 0. The Morgan fingerprint density at radius 1 is 0.970 bits per heavy atom. The highest BCUT2D eigenvalue weighted by Crippen LogP contribution is 2.35. The van der Waals surface area contributed by atoms with Crippen molar-refractivity contribution in [2.75, 3.05) is 50.2 Å². The van der Waals surface area contributed by atoms with Crippen LogP contribution < -0.4 is 14.5 Å². The number of carbonyl (C=O) groups excluding carboxylic acids is 1. The number of esters is 1. The third-order valence-corrected chi connectivity index (χ3v) is 6.82. The summed E-state index contributed by atoms with van der Waals surface area (Å²) < 4.78 is 12.4. The summed E-state index contributed by atoms with van der Waals surface area (Å²) in [5, 5.41) is 8.91. The van der Waals surface area contributed by atoms with Crippen molar-refractivity contribution < 1.29 is 14.3 Å². The fraction of sp³-hybridized carbons (Fsp3) is 0.522. The van der Waals surface area contributed by atoms with E-state index in [1.165, 1.54) is 7.11 Å². The van der Waals surface area contributed by atoms with E-state index in [2.05, 4.69) is 36.1 Å². The first-order chi connectivity index (χ1) is 16.2. The van der Waals surface area contributed by atoms with Gasteiger partial charge < -0.3 is 19.3 Å². The minimum absolute atomic E-state index is 0.0224. The molecule has 10 heteroatoms. The van der Waals surface area contributed by atoms with Crippen LogP contribution in [0.15, 0.2) is 30.6 Å². The van der Waals surface area contributed by atoms with Gasteiger partial charge in [-0.2, -0.15) is 0 Å². The Bertz CT molecular complexity index is 1120. The van der Waals surface area contributed by atoms with Crippen LogP contribution in [0, 0.1) is 5.92 Å². The molecule has 10 nitrogen and oxygen atoms in total. The van der Waals surface area contributed by atoms with Gasteiger partial charge in [-0.15, -0.1) is 5.10 Å². The van der Waals surface area contributed by atoms with Crippen LogP contribution in [0.2, 0.25) is 0 Å². The van der Waals surface area contributed by atoms with Crippen molar-refractivity contribution >= 4 is 28.6 Å². The molecule has 0 spiro atoms. The van der Waals surface area contributed by atoms with E-state index in [-0.39, 0.29) is 17.9 Å². The Morgan fingerprint density at radius 2 is 1.70 bits per heavy atom. The first-order valence-corrected chi connectivity index (χ1v) is 11.5. The van der Waals surface area contributed by atoms with Crippen LogP contribution >= 0.6 is 0 Å².